The van der Waals surface area contributed by atoms with Gasteiger partial charge in [-0.05, 0) is 83.4 Å². The number of hydrogen-bond donors (Lipinski definition) is 3. The number of hydrogen-bond acceptors (Lipinski definition) is 5. The number of amides is 1. The molecule has 1 aromatic carbocycles. The normalized spacial score (nSPS) is 21.1. The lowest BCUT2D eigenvalue weighted by Crippen LogP contribution is -2.38. The number of halogens is 1. The van der Waals surface area contributed by atoms with Crippen LogP contribution in [0.3, 0.4) is 0 Å². The number of ether oxygens (including phenoxy) is 1. The molecular formula is C22H27IN2O3S. The molecule has 2 aromatic rings. The van der Waals surface area contributed by atoms with E-state index in [1.165, 1.54) is 10.4 Å². The third-order valence-electron chi connectivity index (χ3n) is 5.95. The van der Waals surface area contributed by atoms with Gasteiger partial charge in [0.15, 0.2) is 11.5 Å². The van der Waals surface area contributed by atoms with Gasteiger partial charge in [0.25, 0.3) is 5.91 Å². The Balaban J connectivity index is 1.65. The van der Waals surface area contributed by atoms with Gasteiger partial charge in [0.2, 0.25) is 0 Å². The maximum Gasteiger partial charge on any atom is 0.256 e. The highest BCUT2D eigenvalue weighted by atomic mass is 127. The Morgan fingerprint density at radius 3 is 2.76 bits per heavy atom. The summed E-state index contributed by atoms with van der Waals surface area (Å²) in [5.41, 5.74) is 3.20. The Morgan fingerprint density at radius 2 is 2.07 bits per heavy atom. The summed E-state index contributed by atoms with van der Waals surface area (Å²) >= 11 is 3.82. The Hall–Kier alpha value is -1.48. The number of nitrogens with one attached hydrogen (secondary N) is 2. The lowest BCUT2D eigenvalue weighted by atomic mass is 9.72. The first-order valence-corrected chi connectivity index (χ1v) is 12.0. The molecule has 7 heteroatoms. The zero-order valence-corrected chi connectivity index (χ0v) is 20.2. The molecule has 0 saturated carbocycles. The first kappa shape index (κ1) is 20.8. The number of rotatable bonds is 3. The fourth-order valence-corrected chi connectivity index (χ4v) is 6.21. The van der Waals surface area contributed by atoms with E-state index < -0.39 is 0 Å². The Bertz CT molecular complexity index is 964. The van der Waals surface area contributed by atoms with Crippen molar-refractivity contribution < 1.29 is 14.6 Å². The molecule has 29 heavy (non-hydrogen) atoms. The van der Waals surface area contributed by atoms with E-state index in [4.69, 9.17) is 4.74 Å². The summed E-state index contributed by atoms with van der Waals surface area (Å²) in [5, 5.41) is 17.8. The summed E-state index contributed by atoms with van der Waals surface area (Å²) in [5.74, 6) is 1.20. The minimum absolute atomic E-state index is 0.0171. The highest BCUT2D eigenvalue weighted by Crippen LogP contribution is 2.46. The van der Waals surface area contributed by atoms with Crippen LogP contribution in [0.15, 0.2) is 12.1 Å². The zero-order valence-electron chi connectivity index (χ0n) is 17.2. The van der Waals surface area contributed by atoms with Crippen LogP contribution >= 0.6 is 33.9 Å². The fourth-order valence-electron chi connectivity index (χ4n) is 4.23. The van der Waals surface area contributed by atoms with Crippen LogP contribution in [0, 0.1) is 14.9 Å². The van der Waals surface area contributed by atoms with Crippen molar-refractivity contribution in [2.24, 2.45) is 11.3 Å². The summed E-state index contributed by atoms with van der Waals surface area (Å²) in [4.78, 5) is 14.4. The van der Waals surface area contributed by atoms with Gasteiger partial charge in [-0.15, -0.1) is 11.3 Å². The molecular weight excluding hydrogens is 499 g/mol. The Morgan fingerprint density at radius 1 is 1.31 bits per heavy atom. The van der Waals surface area contributed by atoms with Crippen LogP contribution in [-0.4, -0.2) is 17.6 Å². The number of fused-ring (bicyclic) bond motifs is 3. The highest BCUT2D eigenvalue weighted by molar-refractivity contribution is 14.1. The number of carbonyl (C=O) groups excluding carboxylic acids is 1. The van der Waals surface area contributed by atoms with Crippen molar-refractivity contribution >= 4 is 44.8 Å². The third-order valence-corrected chi connectivity index (χ3v) is 7.96. The van der Waals surface area contributed by atoms with E-state index in [9.17, 15) is 9.90 Å². The predicted octanol–water partition coefficient (Wildman–Crippen LogP) is 5.46. The lowest BCUT2D eigenvalue weighted by molar-refractivity contribution is 0.0934. The summed E-state index contributed by atoms with van der Waals surface area (Å²) in [6.07, 6.45) is 2.79. The molecule has 2 atom stereocenters. The molecule has 0 bridgehead atoms. The van der Waals surface area contributed by atoms with Crippen LogP contribution in [0.4, 0.5) is 5.00 Å². The van der Waals surface area contributed by atoms with Crippen molar-refractivity contribution in [2.45, 2.75) is 53.1 Å². The van der Waals surface area contributed by atoms with Gasteiger partial charge in [0.1, 0.15) is 11.2 Å². The largest absolute Gasteiger partial charge is 0.504 e. The molecule has 156 valence electrons. The molecule has 2 heterocycles. The standard InChI is InChI=1S/C22H27IN2O3S/c1-5-28-15-9-11(8-14(23)18(15)26)19-24-20(27)17-13-7-6-12(22(2,3)4)10-16(13)29-21(17)25-19/h8-9,12,19,25-26H,5-7,10H2,1-4H3,(H,24,27)/t12-,19-/m0/s1. The average Bonchev–Trinajstić information content (AvgIpc) is 3.02. The summed E-state index contributed by atoms with van der Waals surface area (Å²) in [6.45, 7) is 9.26. The molecule has 0 saturated heterocycles. The quantitative estimate of drug-likeness (QED) is 0.465. The lowest BCUT2D eigenvalue weighted by Gasteiger charge is -2.34. The molecule has 1 amide bonds. The van der Waals surface area contributed by atoms with Crippen molar-refractivity contribution in [2.75, 3.05) is 11.9 Å². The Labute approximate surface area is 189 Å². The van der Waals surface area contributed by atoms with Gasteiger partial charge in [-0.25, -0.2) is 0 Å². The van der Waals surface area contributed by atoms with Crippen LogP contribution in [0.5, 0.6) is 11.5 Å². The molecule has 1 aromatic heterocycles. The number of aromatic hydroxyl groups is 1. The molecule has 2 aliphatic rings. The van der Waals surface area contributed by atoms with Crippen molar-refractivity contribution in [1.82, 2.24) is 5.32 Å². The molecule has 3 N–H and O–H groups in total. The third kappa shape index (κ3) is 3.83. The first-order chi connectivity index (χ1) is 13.7. The predicted molar refractivity (Wildman–Crippen MR) is 125 cm³/mol. The summed E-state index contributed by atoms with van der Waals surface area (Å²) in [6, 6.07) is 3.68. The maximum atomic E-state index is 13.0. The first-order valence-electron chi connectivity index (χ1n) is 10.1. The van der Waals surface area contributed by atoms with E-state index in [-0.39, 0.29) is 23.2 Å². The smallest absolute Gasteiger partial charge is 0.256 e. The van der Waals surface area contributed by atoms with Gasteiger partial charge in [0, 0.05) is 4.88 Å². The average molecular weight is 526 g/mol. The number of benzene rings is 1. The number of anilines is 1. The molecule has 5 nitrogen and oxygen atoms in total. The minimum Gasteiger partial charge on any atom is -0.504 e. The molecule has 0 fully saturated rings. The van der Waals surface area contributed by atoms with Gasteiger partial charge in [-0.1, -0.05) is 20.8 Å². The van der Waals surface area contributed by atoms with Crippen molar-refractivity contribution in [3.8, 4) is 11.5 Å². The van der Waals surface area contributed by atoms with Crippen LogP contribution in [-0.2, 0) is 12.8 Å². The van der Waals surface area contributed by atoms with Crippen LogP contribution in [0.25, 0.3) is 0 Å². The van der Waals surface area contributed by atoms with Crippen molar-refractivity contribution in [1.29, 1.82) is 0 Å². The van der Waals surface area contributed by atoms with E-state index in [0.29, 0.717) is 21.8 Å². The SMILES string of the molecule is CCOc1cc([C@H]2NC(=O)c3c(sc4c3CC[C@H](C(C)(C)C)C4)N2)cc(I)c1O. The molecule has 1 aliphatic carbocycles. The van der Waals surface area contributed by atoms with Crippen LogP contribution in [0.2, 0.25) is 0 Å². The van der Waals surface area contributed by atoms with E-state index in [1.807, 2.05) is 13.0 Å². The number of phenols is 1. The van der Waals surface area contributed by atoms with Crippen LogP contribution < -0.4 is 15.4 Å². The maximum absolute atomic E-state index is 13.0. The molecule has 4 rings (SSSR count). The van der Waals surface area contributed by atoms with E-state index in [0.717, 1.165) is 35.4 Å². The zero-order chi connectivity index (χ0) is 20.9. The summed E-state index contributed by atoms with van der Waals surface area (Å²) in [7, 11) is 0. The van der Waals surface area contributed by atoms with E-state index in [1.54, 1.807) is 17.4 Å². The molecule has 1 aliphatic heterocycles. The number of carbonyl (C=O) groups is 1. The second kappa shape index (κ2) is 7.65. The van der Waals surface area contributed by atoms with Gasteiger partial charge >= 0.3 is 0 Å². The van der Waals surface area contributed by atoms with E-state index in [2.05, 4.69) is 54.0 Å². The van der Waals surface area contributed by atoms with E-state index >= 15 is 0 Å². The van der Waals surface area contributed by atoms with Gasteiger partial charge in [-0.2, -0.15) is 0 Å². The van der Waals surface area contributed by atoms with Gasteiger partial charge in [-0.3, -0.25) is 4.79 Å². The number of thiophene rings is 1. The van der Waals surface area contributed by atoms with Crippen LogP contribution in [0.1, 0.15) is 66.6 Å². The van der Waals surface area contributed by atoms with Gasteiger partial charge in [0.05, 0.1) is 15.7 Å². The molecule has 0 unspecified atom stereocenters. The molecule has 0 spiro atoms. The molecule has 0 radical (unpaired) electrons. The second-order valence-electron chi connectivity index (χ2n) is 8.85. The minimum atomic E-state index is -0.346. The van der Waals surface area contributed by atoms with Crippen molar-refractivity contribution in [3.63, 3.8) is 0 Å². The number of phenolic OH excluding ortho intramolecular Hbond substituents is 1. The Kier molecular flexibility index (Phi) is 5.48. The van der Waals surface area contributed by atoms with Gasteiger partial charge < -0.3 is 20.5 Å². The second-order valence-corrected chi connectivity index (χ2v) is 11.1. The fraction of sp³-hybridized carbons (Fsp3) is 0.500. The monoisotopic (exact) mass is 526 g/mol. The summed E-state index contributed by atoms with van der Waals surface area (Å²) < 4.78 is 6.26. The topological polar surface area (TPSA) is 70.6 Å². The van der Waals surface area contributed by atoms with Crippen molar-refractivity contribution in [3.05, 3.63) is 37.3 Å². The highest BCUT2D eigenvalue weighted by Gasteiger charge is 2.36.